The molecule has 0 saturated carbocycles. The zero-order valence-corrected chi connectivity index (χ0v) is 19.3. The quantitative estimate of drug-likeness (QED) is 0.364. The summed E-state index contributed by atoms with van der Waals surface area (Å²) < 4.78 is 27.6. The summed E-state index contributed by atoms with van der Waals surface area (Å²) >= 11 is 12.2. The number of sulfonamides is 1. The summed E-state index contributed by atoms with van der Waals surface area (Å²) in [6.07, 6.45) is 0. The number of benzene rings is 3. The predicted molar refractivity (Wildman–Crippen MR) is 127 cm³/mol. The molecule has 3 rings (SSSR count). The maximum atomic E-state index is 12.6. The highest BCUT2D eigenvalue weighted by molar-refractivity contribution is 7.92. The van der Waals surface area contributed by atoms with Crippen LogP contribution in [0.15, 0.2) is 71.6 Å². The van der Waals surface area contributed by atoms with E-state index in [0.29, 0.717) is 32.5 Å². The van der Waals surface area contributed by atoms with Crippen molar-refractivity contribution in [1.29, 1.82) is 0 Å². The molecule has 0 aliphatic carbocycles. The lowest BCUT2D eigenvalue weighted by atomic mass is 10.1. The van der Waals surface area contributed by atoms with E-state index in [9.17, 15) is 13.2 Å². The highest BCUT2D eigenvalue weighted by atomic mass is 35.5. The fraction of sp³-hybridized carbons (Fsp3) is 0.136. The SMILES string of the molecule is CC(NC(=O)Nc1ccc(S(=O)(=O)Nc2ccc(CO)cc2)cc1)c1cccc(Cl)c1Cl. The lowest BCUT2D eigenvalue weighted by Crippen LogP contribution is -2.31. The molecule has 0 bridgehead atoms. The molecule has 2 amide bonds. The smallest absolute Gasteiger partial charge is 0.319 e. The van der Waals surface area contributed by atoms with Crippen LogP contribution in [0.1, 0.15) is 24.1 Å². The number of rotatable bonds is 7. The third-order valence-corrected chi connectivity index (χ3v) is 6.84. The van der Waals surface area contributed by atoms with Gasteiger partial charge in [-0.3, -0.25) is 4.72 Å². The molecule has 3 aromatic rings. The van der Waals surface area contributed by atoms with Crippen LogP contribution in [0.4, 0.5) is 16.2 Å². The van der Waals surface area contributed by atoms with Crippen molar-refractivity contribution in [2.24, 2.45) is 0 Å². The fourth-order valence-corrected chi connectivity index (χ4v) is 4.44. The molecule has 168 valence electrons. The largest absolute Gasteiger partial charge is 0.392 e. The molecule has 0 aromatic heterocycles. The van der Waals surface area contributed by atoms with Gasteiger partial charge in [-0.05, 0) is 60.5 Å². The molecule has 3 aromatic carbocycles. The molecule has 0 saturated heterocycles. The van der Waals surface area contributed by atoms with E-state index >= 15 is 0 Å². The van der Waals surface area contributed by atoms with E-state index in [4.69, 9.17) is 28.3 Å². The van der Waals surface area contributed by atoms with Crippen LogP contribution >= 0.6 is 23.2 Å². The third kappa shape index (κ3) is 5.92. The zero-order valence-electron chi connectivity index (χ0n) is 17.0. The van der Waals surface area contributed by atoms with Crippen molar-refractivity contribution >= 4 is 50.6 Å². The van der Waals surface area contributed by atoms with Gasteiger partial charge in [-0.15, -0.1) is 0 Å². The Bertz CT molecular complexity index is 1200. The van der Waals surface area contributed by atoms with Crippen molar-refractivity contribution < 1.29 is 18.3 Å². The van der Waals surface area contributed by atoms with Crippen LogP contribution < -0.4 is 15.4 Å². The van der Waals surface area contributed by atoms with Gasteiger partial charge < -0.3 is 15.7 Å². The number of aliphatic hydroxyl groups excluding tert-OH is 1. The van der Waals surface area contributed by atoms with Crippen molar-refractivity contribution in [2.75, 3.05) is 10.0 Å². The van der Waals surface area contributed by atoms with E-state index in [1.807, 2.05) is 0 Å². The minimum absolute atomic E-state index is 0.0359. The summed E-state index contributed by atoms with van der Waals surface area (Å²) in [7, 11) is -3.81. The lowest BCUT2D eigenvalue weighted by molar-refractivity contribution is 0.249. The van der Waals surface area contributed by atoms with Crippen LogP contribution in [-0.4, -0.2) is 19.6 Å². The second-order valence-corrected chi connectivity index (χ2v) is 9.42. The van der Waals surface area contributed by atoms with Crippen LogP contribution in [-0.2, 0) is 16.6 Å². The molecule has 7 nitrogen and oxygen atoms in total. The number of nitrogens with one attached hydrogen (secondary N) is 3. The Morgan fingerprint density at radius 1 is 0.969 bits per heavy atom. The number of hydrogen-bond acceptors (Lipinski definition) is 4. The van der Waals surface area contributed by atoms with Gasteiger partial charge in [-0.25, -0.2) is 13.2 Å². The minimum Gasteiger partial charge on any atom is -0.392 e. The highest BCUT2D eigenvalue weighted by Crippen LogP contribution is 2.29. The Kier molecular flexibility index (Phi) is 7.63. The van der Waals surface area contributed by atoms with E-state index in [2.05, 4.69) is 15.4 Å². The molecule has 1 atom stereocenters. The number of aliphatic hydroxyl groups is 1. The summed E-state index contributed by atoms with van der Waals surface area (Å²) in [5.41, 5.74) is 2.14. The van der Waals surface area contributed by atoms with Crippen LogP contribution in [0.25, 0.3) is 0 Å². The number of carbonyl (C=O) groups excluding carboxylic acids is 1. The molecule has 4 N–H and O–H groups in total. The molecule has 0 aliphatic heterocycles. The van der Waals surface area contributed by atoms with Gasteiger partial charge in [0.25, 0.3) is 10.0 Å². The number of halogens is 2. The standard InChI is InChI=1S/C22H21Cl2N3O4S/c1-14(19-3-2-4-20(23)21(19)24)25-22(29)26-16-9-11-18(12-10-16)32(30,31)27-17-7-5-15(13-28)6-8-17/h2-12,14,27-28H,13H2,1H3,(H2,25,26,29). The van der Waals surface area contributed by atoms with Crippen LogP contribution in [0, 0.1) is 0 Å². The molecule has 0 fully saturated rings. The molecule has 0 radical (unpaired) electrons. The van der Waals surface area contributed by atoms with Crippen molar-refractivity contribution in [1.82, 2.24) is 5.32 Å². The van der Waals surface area contributed by atoms with Gasteiger partial charge in [-0.2, -0.15) is 0 Å². The summed E-state index contributed by atoms with van der Waals surface area (Å²) in [5.74, 6) is 0. The Morgan fingerprint density at radius 3 is 2.22 bits per heavy atom. The summed E-state index contributed by atoms with van der Waals surface area (Å²) in [6, 6.07) is 16.4. The van der Waals surface area contributed by atoms with Gasteiger partial charge in [0.05, 0.1) is 27.6 Å². The summed E-state index contributed by atoms with van der Waals surface area (Å²) in [4.78, 5) is 12.4. The number of carbonyl (C=O) groups is 1. The lowest BCUT2D eigenvalue weighted by Gasteiger charge is -2.17. The van der Waals surface area contributed by atoms with E-state index < -0.39 is 22.1 Å². The van der Waals surface area contributed by atoms with Gasteiger partial charge in [-0.1, -0.05) is 47.5 Å². The molecular formula is C22H21Cl2N3O4S. The van der Waals surface area contributed by atoms with Gasteiger partial charge in [0.1, 0.15) is 0 Å². The monoisotopic (exact) mass is 493 g/mol. The van der Waals surface area contributed by atoms with E-state index in [1.54, 1.807) is 49.4 Å². The van der Waals surface area contributed by atoms with Crippen LogP contribution in [0.3, 0.4) is 0 Å². The Morgan fingerprint density at radius 2 is 1.59 bits per heavy atom. The average Bonchev–Trinajstić information content (AvgIpc) is 2.76. The van der Waals surface area contributed by atoms with Crippen LogP contribution in [0.5, 0.6) is 0 Å². The zero-order chi connectivity index (χ0) is 23.3. The van der Waals surface area contributed by atoms with Gasteiger partial charge in [0, 0.05) is 11.4 Å². The fourth-order valence-electron chi connectivity index (χ4n) is 2.91. The average molecular weight is 494 g/mol. The summed E-state index contributed by atoms with van der Waals surface area (Å²) in [5, 5.41) is 15.2. The van der Waals surface area contributed by atoms with Crippen molar-refractivity contribution in [3.8, 4) is 0 Å². The van der Waals surface area contributed by atoms with Crippen molar-refractivity contribution in [2.45, 2.75) is 24.5 Å². The normalized spacial score (nSPS) is 12.1. The number of anilines is 2. The molecule has 0 heterocycles. The maximum absolute atomic E-state index is 12.6. The second-order valence-electron chi connectivity index (χ2n) is 6.95. The van der Waals surface area contributed by atoms with Crippen molar-refractivity contribution in [3.63, 3.8) is 0 Å². The first-order valence-electron chi connectivity index (χ1n) is 9.53. The Balaban J connectivity index is 1.63. The number of amides is 2. The van der Waals surface area contributed by atoms with E-state index in [1.165, 1.54) is 24.3 Å². The predicted octanol–water partition coefficient (Wildman–Crippen LogP) is 5.17. The van der Waals surface area contributed by atoms with Gasteiger partial charge in [0.15, 0.2) is 0 Å². The van der Waals surface area contributed by atoms with Gasteiger partial charge >= 0.3 is 6.03 Å². The maximum Gasteiger partial charge on any atom is 0.319 e. The van der Waals surface area contributed by atoms with Crippen molar-refractivity contribution in [3.05, 3.63) is 87.9 Å². The topological polar surface area (TPSA) is 108 Å². The molecule has 0 aliphatic rings. The molecule has 1 unspecified atom stereocenters. The van der Waals surface area contributed by atoms with Gasteiger partial charge in [0.2, 0.25) is 0 Å². The molecule has 10 heteroatoms. The third-order valence-electron chi connectivity index (χ3n) is 4.61. The number of urea groups is 1. The Labute approximate surface area is 196 Å². The number of hydrogen-bond donors (Lipinski definition) is 4. The van der Waals surface area contributed by atoms with E-state index in [0.717, 1.165) is 0 Å². The van der Waals surface area contributed by atoms with Crippen LogP contribution in [0.2, 0.25) is 10.0 Å². The first kappa shape index (κ1) is 23.9. The summed E-state index contributed by atoms with van der Waals surface area (Å²) in [6.45, 7) is 1.64. The minimum atomic E-state index is -3.81. The van der Waals surface area contributed by atoms with E-state index in [-0.39, 0.29) is 11.5 Å². The first-order valence-corrected chi connectivity index (χ1v) is 11.8. The molecule has 0 spiro atoms. The molecular weight excluding hydrogens is 473 g/mol. The first-order chi connectivity index (χ1) is 15.2. The Hall–Kier alpha value is -2.78. The highest BCUT2D eigenvalue weighted by Gasteiger charge is 2.16. The molecule has 32 heavy (non-hydrogen) atoms. The second kappa shape index (κ2) is 10.2.